The fraction of sp³-hybridized carbons (Fsp3) is 0.550. The van der Waals surface area contributed by atoms with Gasteiger partial charge in [0.1, 0.15) is 5.60 Å². The molecule has 7 N–H and O–H groups in total. The van der Waals surface area contributed by atoms with Crippen LogP contribution in [0.25, 0.3) is 0 Å². The third kappa shape index (κ3) is 11.4. The Kier molecular flexibility index (Phi) is 13.5. The van der Waals surface area contributed by atoms with Gasteiger partial charge in [0.2, 0.25) is 0 Å². The quantitative estimate of drug-likeness (QED) is 0.284. The maximum absolute atomic E-state index is 5.86. The van der Waals surface area contributed by atoms with Crippen LogP contribution in [0.4, 0.5) is 17.1 Å². The van der Waals surface area contributed by atoms with E-state index in [-0.39, 0.29) is 5.60 Å². The van der Waals surface area contributed by atoms with Crippen LogP contribution in [0, 0.1) is 13.8 Å². The predicted molar refractivity (Wildman–Crippen MR) is 207 cm³/mol. The summed E-state index contributed by atoms with van der Waals surface area (Å²) in [6.07, 6.45) is 0. The zero-order valence-electron chi connectivity index (χ0n) is 31.2. The van der Waals surface area contributed by atoms with Crippen molar-refractivity contribution < 1.29 is 9.47 Å². The second kappa shape index (κ2) is 17.8. The van der Waals surface area contributed by atoms with Gasteiger partial charge < -0.3 is 36.9 Å². The van der Waals surface area contributed by atoms with Crippen molar-refractivity contribution >= 4 is 17.1 Å². The number of aryl methyl sites for hydroxylation is 2. The molecule has 0 aromatic heterocycles. The van der Waals surface area contributed by atoms with Crippen LogP contribution in [0.5, 0.6) is 0 Å². The summed E-state index contributed by atoms with van der Waals surface area (Å²) >= 11 is 0. The zero-order valence-corrected chi connectivity index (χ0v) is 31.2. The van der Waals surface area contributed by atoms with E-state index in [1.54, 1.807) is 0 Å². The molecule has 4 fully saturated rings. The zero-order chi connectivity index (χ0) is 35.7. The minimum Gasteiger partial charge on any atom is -0.399 e. The smallest absolute Gasteiger partial charge is 0.127 e. The second-order valence-electron chi connectivity index (χ2n) is 15.1. The largest absolute Gasteiger partial charge is 0.399 e. The van der Waals surface area contributed by atoms with Gasteiger partial charge in [-0.2, -0.15) is 0 Å². The molecule has 0 aliphatic carbocycles. The van der Waals surface area contributed by atoms with E-state index < -0.39 is 0 Å². The molecule has 3 aromatic carbocycles. The summed E-state index contributed by atoms with van der Waals surface area (Å²) < 4.78 is 11.1. The number of ether oxygens (including phenoxy) is 2. The van der Waals surface area contributed by atoms with Gasteiger partial charge >= 0.3 is 0 Å². The van der Waals surface area contributed by atoms with E-state index in [2.05, 4.69) is 96.1 Å². The highest BCUT2D eigenvalue weighted by atomic mass is 16.6. The number of nitrogen functional groups attached to an aromatic ring is 3. The summed E-state index contributed by atoms with van der Waals surface area (Å²) in [7, 11) is 2.18. The summed E-state index contributed by atoms with van der Waals surface area (Å²) in [5.74, 6) is 0. The van der Waals surface area contributed by atoms with Crippen LogP contribution in [0.3, 0.4) is 0 Å². The van der Waals surface area contributed by atoms with E-state index in [1.165, 1.54) is 54.0 Å². The first-order valence-electron chi connectivity index (χ1n) is 18.3. The summed E-state index contributed by atoms with van der Waals surface area (Å²) in [5, 5.41) is 3.55. The Labute approximate surface area is 300 Å². The third-order valence-electron chi connectivity index (χ3n) is 10.2. The first kappa shape index (κ1) is 38.0. The van der Waals surface area contributed by atoms with Crippen LogP contribution < -0.4 is 22.5 Å². The van der Waals surface area contributed by atoms with Crippen molar-refractivity contribution in [1.82, 2.24) is 24.9 Å². The van der Waals surface area contributed by atoms with Gasteiger partial charge in [-0.1, -0.05) is 24.3 Å². The van der Waals surface area contributed by atoms with E-state index in [1.807, 2.05) is 24.3 Å². The van der Waals surface area contributed by atoms with Gasteiger partial charge in [-0.25, -0.2) is 0 Å². The molecule has 7 rings (SSSR count). The molecule has 3 aromatic rings. The van der Waals surface area contributed by atoms with Crippen LogP contribution in [-0.2, 0) is 29.1 Å². The van der Waals surface area contributed by atoms with Gasteiger partial charge in [-0.15, -0.1) is 0 Å². The molecule has 0 unspecified atom stereocenters. The molecule has 4 heterocycles. The normalized spacial score (nSPS) is 22.9. The van der Waals surface area contributed by atoms with Crippen molar-refractivity contribution in [2.45, 2.75) is 65.0 Å². The van der Waals surface area contributed by atoms with E-state index in [0.29, 0.717) is 12.1 Å². The lowest BCUT2D eigenvalue weighted by molar-refractivity contribution is -0.238. The molecule has 10 nitrogen and oxygen atoms in total. The lowest BCUT2D eigenvalue weighted by Gasteiger charge is -2.47. The third-order valence-corrected chi connectivity index (χ3v) is 10.2. The van der Waals surface area contributed by atoms with Crippen LogP contribution in [0.2, 0.25) is 0 Å². The number of hydrogen-bond acceptors (Lipinski definition) is 10. The van der Waals surface area contributed by atoms with Crippen molar-refractivity contribution in [3.8, 4) is 0 Å². The number of benzene rings is 3. The summed E-state index contributed by atoms with van der Waals surface area (Å²) in [6, 6.07) is 21.6. The number of nitrogens with zero attached hydrogens (tertiary/aromatic N) is 4. The molecule has 2 atom stereocenters. The molecule has 1 spiro atoms. The highest BCUT2D eigenvalue weighted by Crippen LogP contribution is 2.28. The Balaban J connectivity index is 0.000000146. The van der Waals surface area contributed by atoms with Crippen LogP contribution in [-0.4, -0.2) is 117 Å². The summed E-state index contributed by atoms with van der Waals surface area (Å²) in [4.78, 5) is 9.81. The molecular formula is C40H62N8O2. The number of piperazine rings is 2. The summed E-state index contributed by atoms with van der Waals surface area (Å²) in [6.45, 7) is 22.9. The first-order valence-corrected chi connectivity index (χ1v) is 18.3. The molecule has 0 radical (unpaired) electrons. The Hall–Kier alpha value is -3.22. The van der Waals surface area contributed by atoms with Gasteiger partial charge in [-0.05, 0) is 99.0 Å². The van der Waals surface area contributed by atoms with E-state index in [0.717, 1.165) is 82.7 Å². The molecule has 274 valence electrons. The number of morpholine rings is 1. The number of hydrogen-bond donors (Lipinski definition) is 4. The molecule has 4 aliphatic rings. The number of likely N-dealkylation sites (N-methyl/N-ethyl adjacent to an activating group) is 1. The van der Waals surface area contributed by atoms with Gasteiger partial charge in [-0.3, -0.25) is 14.7 Å². The van der Waals surface area contributed by atoms with Crippen molar-refractivity contribution in [1.29, 1.82) is 0 Å². The van der Waals surface area contributed by atoms with E-state index in [9.17, 15) is 0 Å². The van der Waals surface area contributed by atoms with Crippen molar-refractivity contribution in [2.75, 3.05) is 96.4 Å². The van der Waals surface area contributed by atoms with Crippen molar-refractivity contribution in [2.24, 2.45) is 0 Å². The first-order chi connectivity index (χ1) is 23.9. The maximum atomic E-state index is 5.86. The van der Waals surface area contributed by atoms with Gasteiger partial charge in [0.25, 0.3) is 0 Å². The highest BCUT2D eigenvalue weighted by molar-refractivity contribution is 5.45. The minimum atomic E-state index is -0.0352. The minimum absolute atomic E-state index is 0.0352. The van der Waals surface area contributed by atoms with Crippen LogP contribution in [0.1, 0.15) is 41.7 Å². The Morgan fingerprint density at radius 3 is 1.76 bits per heavy atom. The molecular weight excluding hydrogens is 624 g/mol. The van der Waals surface area contributed by atoms with Crippen LogP contribution >= 0.6 is 0 Å². The Morgan fingerprint density at radius 1 is 0.680 bits per heavy atom. The molecule has 0 bridgehead atoms. The topological polar surface area (TPSA) is 122 Å². The Morgan fingerprint density at radius 2 is 1.22 bits per heavy atom. The molecule has 0 amide bonds. The second-order valence-corrected chi connectivity index (χ2v) is 15.1. The number of rotatable bonds is 6. The van der Waals surface area contributed by atoms with Crippen LogP contribution in [0.15, 0.2) is 60.7 Å². The average molecular weight is 687 g/mol. The fourth-order valence-corrected chi connectivity index (χ4v) is 7.22. The molecule has 0 saturated carbocycles. The molecule has 4 saturated heterocycles. The lowest BCUT2D eigenvalue weighted by atomic mass is 9.98. The number of nitrogens with two attached hydrogens (primary N) is 3. The predicted octanol–water partition coefficient (Wildman–Crippen LogP) is 3.95. The number of anilines is 3. The van der Waals surface area contributed by atoms with Gasteiger partial charge in [0.15, 0.2) is 0 Å². The van der Waals surface area contributed by atoms with Gasteiger partial charge in [0.05, 0.1) is 19.8 Å². The highest BCUT2D eigenvalue weighted by Gasteiger charge is 2.43. The SMILES string of the molecule is CN1CCN(Cc2ccc(N)cc2)CC1.Cc1ccc(N)cc1CN1CCOC2(COC2)C1.Cc1ccc(N)cc1CN1C[C@@H](C)N[C@@H](C)C1. The van der Waals surface area contributed by atoms with E-state index >= 15 is 0 Å². The van der Waals surface area contributed by atoms with E-state index in [4.69, 9.17) is 26.7 Å². The Bertz CT molecular complexity index is 1480. The monoisotopic (exact) mass is 686 g/mol. The average Bonchev–Trinajstić information content (AvgIpc) is 3.06. The van der Waals surface area contributed by atoms with Crippen molar-refractivity contribution in [3.05, 3.63) is 88.5 Å². The molecule has 10 heteroatoms. The van der Waals surface area contributed by atoms with Crippen molar-refractivity contribution in [3.63, 3.8) is 0 Å². The summed E-state index contributed by atoms with van der Waals surface area (Å²) in [5.41, 5.74) is 26.5. The fourth-order valence-electron chi connectivity index (χ4n) is 7.22. The maximum Gasteiger partial charge on any atom is 0.127 e. The molecule has 50 heavy (non-hydrogen) atoms. The lowest BCUT2D eigenvalue weighted by Crippen LogP contribution is -2.62. The van der Waals surface area contributed by atoms with Gasteiger partial charge in [0, 0.05) is 101 Å². The standard InChI is InChI=1S/C14H23N3.C14H20N2O2.C12H19N3/c1-10-4-5-14(15)6-13(10)9-17-7-11(2)16-12(3)8-17;1-11-2-3-13(15)6-12(11)7-16-4-5-18-14(8-16)9-17-10-14;1-14-6-8-15(9-7-14)10-11-2-4-12(13)5-3-11/h4-6,11-12,16H,7-9,15H2,1-3H3;2-3,6H,4-5,7-10,15H2,1H3;2-5H,6-10,13H2,1H3/t11-,12+;;. The number of nitrogens with one attached hydrogen (secondary N) is 1. The molecule has 4 aliphatic heterocycles.